The molecule has 0 saturated heterocycles. The lowest BCUT2D eigenvalue weighted by Gasteiger charge is -2.28. The highest BCUT2D eigenvalue weighted by molar-refractivity contribution is 6.61. The predicted octanol–water partition coefficient (Wildman–Crippen LogP) is 4.96. The molecule has 12 nitrogen and oxygen atoms in total. The van der Waals surface area contributed by atoms with Crippen LogP contribution in [0.1, 0.15) is 87.5 Å². The number of ether oxygens (including phenoxy) is 2. The molecule has 2 N–H and O–H groups in total. The Morgan fingerprint density at radius 1 is 0.636 bits per heavy atom. The molecule has 0 aliphatic rings. The second-order valence-corrected chi connectivity index (χ2v) is 16.0. The van der Waals surface area contributed by atoms with Crippen LogP contribution in [0.2, 0.25) is 12.1 Å². The number of hydrogen-bond donors (Lipinski definition) is 2. The zero-order chi connectivity index (χ0) is 33.1. The molecule has 0 saturated carbocycles. The second kappa shape index (κ2) is 27.2. The van der Waals surface area contributed by atoms with Gasteiger partial charge in [0.15, 0.2) is 0 Å². The van der Waals surface area contributed by atoms with Crippen molar-refractivity contribution in [2.24, 2.45) is 5.92 Å². The van der Waals surface area contributed by atoms with Crippen molar-refractivity contribution in [2.45, 2.75) is 106 Å². The van der Waals surface area contributed by atoms with E-state index in [4.69, 9.17) is 36.0 Å². The number of amides is 2. The monoisotopic (exact) mass is 668 g/mol. The number of carbonyl (C=O) groups is 2. The summed E-state index contributed by atoms with van der Waals surface area (Å²) in [5.41, 5.74) is 0. The number of nitrogens with one attached hydrogen (secondary N) is 2. The summed E-state index contributed by atoms with van der Waals surface area (Å²) < 4.78 is 46.5. The van der Waals surface area contributed by atoms with Gasteiger partial charge in [-0.25, -0.2) is 4.79 Å². The maximum atomic E-state index is 12.4. The van der Waals surface area contributed by atoms with Crippen LogP contribution in [0, 0.1) is 5.92 Å². The van der Waals surface area contributed by atoms with E-state index in [0.717, 1.165) is 18.9 Å². The van der Waals surface area contributed by atoms with Crippen LogP contribution in [0.5, 0.6) is 0 Å². The molecule has 0 rings (SSSR count). The Balaban J connectivity index is 4.03. The summed E-state index contributed by atoms with van der Waals surface area (Å²) in [5.74, 6) is 0.380. The van der Waals surface area contributed by atoms with Crippen LogP contribution < -0.4 is 10.6 Å². The maximum absolute atomic E-state index is 12.4. The van der Waals surface area contributed by atoms with Crippen LogP contribution in [0.4, 0.5) is 4.79 Å². The van der Waals surface area contributed by atoms with Gasteiger partial charge >= 0.3 is 23.6 Å². The number of hydrogen-bond acceptors (Lipinski definition) is 10. The smallest absolute Gasteiger partial charge is 0.379 e. The van der Waals surface area contributed by atoms with Crippen molar-refractivity contribution in [1.82, 2.24) is 10.6 Å². The van der Waals surface area contributed by atoms with E-state index in [-0.39, 0.29) is 23.8 Å². The zero-order valence-electron chi connectivity index (χ0n) is 29.0. The standard InChI is InChI=1S/C30H64N2O10Si2/c1-9-37-43(38-10-2,39-11-3)22-16-15-18-29(33)24-27(7)25-35-20-21-36-26-28(8)32-30(34)31-19-17-23-44(40-12-4,41-13-5)42-14-6/h27-28H,9-26H2,1-8H3,(H2,31,32,34). The molecule has 2 unspecified atom stereocenters. The highest BCUT2D eigenvalue weighted by Gasteiger charge is 2.40. The number of unbranched alkanes of at least 4 members (excludes halogenated alkanes) is 1. The highest BCUT2D eigenvalue weighted by Crippen LogP contribution is 2.21. The topological polar surface area (TPSA) is 132 Å². The van der Waals surface area contributed by atoms with Crippen molar-refractivity contribution in [3.8, 4) is 0 Å². The van der Waals surface area contributed by atoms with E-state index in [1.807, 2.05) is 55.4 Å². The van der Waals surface area contributed by atoms with E-state index in [1.165, 1.54) is 0 Å². The molecule has 0 aromatic carbocycles. The summed E-state index contributed by atoms with van der Waals surface area (Å²) in [6.45, 7) is 21.0. The number of Topliss-reactive ketones (excluding diaryl/α,β-unsaturated/α-hetero) is 1. The lowest BCUT2D eigenvalue weighted by molar-refractivity contribution is -0.120. The van der Waals surface area contributed by atoms with Crippen LogP contribution in [-0.4, -0.2) is 108 Å². The van der Waals surface area contributed by atoms with Gasteiger partial charge in [0.25, 0.3) is 0 Å². The number of ketones is 1. The molecule has 262 valence electrons. The van der Waals surface area contributed by atoms with Gasteiger partial charge in [-0.15, -0.1) is 0 Å². The summed E-state index contributed by atoms with van der Waals surface area (Å²) in [6, 6.07) is 0.980. The average Bonchev–Trinajstić information content (AvgIpc) is 2.96. The Morgan fingerprint density at radius 2 is 1.09 bits per heavy atom. The third-order valence-electron chi connectivity index (χ3n) is 6.42. The minimum atomic E-state index is -2.69. The predicted molar refractivity (Wildman–Crippen MR) is 176 cm³/mol. The molecule has 0 aliphatic heterocycles. The van der Waals surface area contributed by atoms with E-state index in [1.54, 1.807) is 0 Å². The minimum absolute atomic E-state index is 0.138. The first kappa shape index (κ1) is 43.1. The van der Waals surface area contributed by atoms with Gasteiger partial charge in [0.1, 0.15) is 5.78 Å². The molecular weight excluding hydrogens is 605 g/mol. The Hall–Kier alpha value is -0.946. The molecule has 14 heteroatoms. The van der Waals surface area contributed by atoms with Crippen LogP contribution >= 0.6 is 0 Å². The van der Waals surface area contributed by atoms with Crippen LogP contribution in [0.25, 0.3) is 0 Å². The van der Waals surface area contributed by atoms with Crippen molar-refractivity contribution in [1.29, 1.82) is 0 Å². The fourth-order valence-corrected chi connectivity index (χ4v) is 10.00. The van der Waals surface area contributed by atoms with Gasteiger partial charge in [-0.05, 0) is 73.6 Å². The third kappa shape index (κ3) is 21.0. The van der Waals surface area contributed by atoms with Gasteiger partial charge in [-0.1, -0.05) is 6.92 Å². The quantitative estimate of drug-likeness (QED) is 0.0772. The van der Waals surface area contributed by atoms with E-state index in [2.05, 4.69) is 10.6 Å². The van der Waals surface area contributed by atoms with Crippen molar-refractivity contribution in [3.05, 3.63) is 0 Å². The Bertz CT molecular complexity index is 631. The van der Waals surface area contributed by atoms with Crippen molar-refractivity contribution in [2.75, 3.05) is 72.6 Å². The first-order chi connectivity index (χ1) is 21.1. The van der Waals surface area contributed by atoms with Gasteiger partial charge in [-0.3, -0.25) is 4.79 Å². The molecule has 0 heterocycles. The van der Waals surface area contributed by atoms with Gasteiger partial charge in [-0.2, -0.15) is 0 Å². The number of urea groups is 1. The minimum Gasteiger partial charge on any atom is -0.379 e. The molecule has 0 radical (unpaired) electrons. The van der Waals surface area contributed by atoms with Crippen LogP contribution in [0.15, 0.2) is 0 Å². The molecule has 0 aromatic heterocycles. The number of carbonyl (C=O) groups excluding carboxylic acids is 2. The van der Waals surface area contributed by atoms with E-state index in [9.17, 15) is 9.59 Å². The molecule has 0 fully saturated rings. The molecule has 2 amide bonds. The third-order valence-corrected chi connectivity index (χ3v) is 12.7. The average molecular weight is 669 g/mol. The van der Waals surface area contributed by atoms with Gasteiger partial charge in [0.2, 0.25) is 0 Å². The van der Waals surface area contributed by atoms with Gasteiger partial charge in [0.05, 0.1) is 25.9 Å². The molecule has 0 bridgehead atoms. The van der Waals surface area contributed by atoms with Gasteiger partial charge < -0.3 is 46.7 Å². The Morgan fingerprint density at radius 3 is 1.57 bits per heavy atom. The summed E-state index contributed by atoms with van der Waals surface area (Å²) in [5, 5.41) is 5.75. The largest absolute Gasteiger partial charge is 0.500 e. The summed E-state index contributed by atoms with van der Waals surface area (Å²) in [7, 11) is -5.34. The summed E-state index contributed by atoms with van der Waals surface area (Å²) >= 11 is 0. The summed E-state index contributed by atoms with van der Waals surface area (Å²) in [4.78, 5) is 24.7. The maximum Gasteiger partial charge on any atom is 0.500 e. The van der Waals surface area contributed by atoms with E-state index >= 15 is 0 Å². The zero-order valence-corrected chi connectivity index (χ0v) is 31.0. The molecular formula is C30H64N2O10Si2. The number of rotatable bonds is 31. The molecule has 44 heavy (non-hydrogen) atoms. The first-order valence-electron chi connectivity index (χ1n) is 16.7. The lowest BCUT2D eigenvalue weighted by atomic mass is 10.0. The van der Waals surface area contributed by atoms with Crippen molar-refractivity contribution < 1.29 is 45.6 Å². The normalized spacial score (nSPS) is 13.5. The van der Waals surface area contributed by atoms with Crippen LogP contribution in [0.3, 0.4) is 0 Å². The van der Waals surface area contributed by atoms with E-state index in [0.29, 0.717) is 97.9 Å². The molecule has 0 aliphatic carbocycles. The fourth-order valence-electron chi connectivity index (χ4n) is 4.70. The summed E-state index contributed by atoms with van der Waals surface area (Å²) in [6.07, 6.45) is 3.37. The van der Waals surface area contributed by atoms with Crippen molar-refractivity contribution >= 4 is 29.4 Å². The molecule has 2 atom stereocenters. The van der Waals surface area contributed by atoms with E-state index < -0.39 is 17.6 Å². The Kier molecular flexibility index (Phi) is 26.6. The lowest BCUT2D eigenvalue weighted by Crippen LogP contribution is -2.47. The van der Waals surface area contributed by atoms with Crippen molar-refractivity contribution in [3.63, 3.8) is 0 Å². The molecule has 0 aromatic rings. The van der Waals surface area contributed by atoms with Crippen LogP contribution in [-0.2, 0) is 40.8 Å². The highest BCUT2D eigenvalue weighted by atomic mass is 28.4. The van der Waals surface area contributed by atoms with Gasteiger partial charge in [0, 0.05) is 77.7 Å². The SMILES string of the molecule is CCO[Si](CCCCC(=O)CC(C)COCCOCC(C)NC(=O)NCCC[Si](OCC)(OCC)OCC)(OCC)OCC. The Labute approximate surface area is 269 Å². The first-order valence-corrected chi connectivity index (χ1v) is 20.6. The fraction of sp³-hybridized carbons (Fsp3) is 0.933. The molecule has 0 spiro atoms. The second-order valence-electron chi connectivity index (χ2n) is 10.6.